The van der Waals surface area contributed by atoms with Gasteiger partial charge >= 0.3 is 0 Å². The molecule has 1 saturated carbocycles. The lowest BCUT2D eigenvalue weighted by Gasteiger charge is -2.10. The van der Waals surface area contributed by atoms with Crippen molar-refractivity contribution in [3.63, 3.8) is 0 Å². The van der Waals surface area contributed by atoms with E-state index in [9.17, 15) is 0 Å². The molecule has 0 atom stereocenters. The van der Waals surface area contributed by atoms with Crippen molar-refractivity contribution in [2.24, 2.45) is 0 Å². The molecule has 0 saturated heterocycles. The molecular weight excluding hydrogens is 258 g/mol. The summed E-state index contributed by atoms with van der Waals surface area (Å²) < 4.78 is 2.23. The minimum Gasteiger partial charge on any atom is -0.384 e. The highest BCUT2D eigenvalue weighted by Gasteiger charge is 2.25. The number of nitrogens with zero attached hydrogens (tertiary/aromatic N) is 2. The molecule has 0 aliphatic heterocycles. The number of nitrogen functional groups attached to an aromatic ring is 1. The number of benzene rings is 1. The molecule has 2 N–H and O–H groups in total. The van der Waals surface area contributed by atoms with E-state index in [1.165, 1.54) is 37.7 Å². The molecule has 1 aromatic heterocycles. The van der Waals surface area contributed by atoms with Gasteiger partial charge in [0, 0.05) is 18.0 Å². The molecule has 2 aromatic rings. The third kappa shape index (κ3) is 2.82. The first-order valence-corrected chi connectivity index (χ1v) is 8.22. The number of unbranched alkanes of at least 4 members (excludes halogenated alkanes) is 1. The molecule has 112 valence electrons. The molecule has 0 amide bonds. The molecule has 1 aliphatic carbocycles. The predicted octanol–water partition coefficient (Wildman–Crippen LogP) is 4.59. The van der Waals surface area contributed by atoms with E-state index in [0.29, 0.717) is 5.92 Å². The highest BCUT2D eigenvalue weighted by molar-refractivity contribution is 5.61. The van der Waals surface area contributed by atoms with Crippen LogP contribution in [0.5, 0.6) is 0 Å². The maximum Gasteiger partial charge on any atom is 0.141 e. The van der Waals surface area contributed by atoms with E-state index in [2.05, 4.69) is 35.8 Å². The van der Waals surface area contributed by atoms with E-state index in [1.54, 1.807) is 0 Å². The zero-order valence-electron chi connectivity index (χ0n) is 12.9. The molecule has 3 rings (SSSR count). The fourth-order valence-electron chi connectivity index (χ4n) is 3.33. The molecule has 0 unspecified atom stereocenters. The van der Waals surface area contributed by atoms with Crippen molar-refractivity contribution >= 4 is 5.82 Å². The molecule has 1 aliphatic rings. The maximum absolute atomic E-state index is 6.46. The van der Waals surface area contributed by atoms with Crippen LogP contribution in [0.25, 0.3) is 11.4 Å². The molecule has 1 aromatic carbocycles. The zero-order valence-corrected chi connectivity index (χ0v) is 12.9. The van der Waals surface area contributed by atoms with E-state index in [-0.39, 0.29) is 0 Å². The largest absolute Gasteiger partial charge is 0.384 e. The van der Waals surface area contributed by atoms with Gasteiger partial charge in [-0.3, -0.25) is 0 Å². The highest BCUT2D eigenvalue weighted by atomic mass is 15.1. The first-order chi connectivity index (χ1) is 10.3. The van der Waals surface area contributed by atoms with Gasteiger partial charge in [0.1, 0.15) is 11.6 Å². The summed E-state index contributed by atoms with van der Waals surface area (Å²) in [7, 11) is 0. The maximum atomic E-state index is 6.46. The van der Waals surface area contributed by atoms with Crippen molar-refractivity contribution in [1.82, 2.24) is 9.55 Å². The van der Waals surface area contributed by atoms with Gasteiger partial charge in [0.25, 0.3) is 0 Å². The Bertz CT molecular complexity index is 580. The van der Waals surface area contributed by atoms with Crippen molar-refractivity contribution < 1.29 is 0 Å². The smallest absolute Gasteiger partial charge is 0.141 e. The standard InChI is InChI=1S/C18H25N3/c1-2-3-13-21-17(19)16(14-9-7-8-10-14)20-18(21)15-11-5-4-6-12-15/h4-6,11-12,14H,2-3,7-10,13,19H2,1H3. The second-order valence-electron chi connectivity index (χ2n) is 6.06. The second kappa shape index (κ2) is 6.33. The number of imidazole rings is 1. The first kappa shape index (κ1) is 14.2. The van der Waals surface area contributed by atoms with Crippen molar-refractivity contribution in [3.05, 3.63) is 36.0 Å². The molecule has 1 fully saturated rings. The van der Waals surface area contributed by atoms with Crippen molar-refractivity contribution in [3.8, 4) is 11.4 Å². The summed E-state index contributed by atoms with van der Waals surface area (Å²) >= 11 is 0. The highest BCUT2D eigenvalue weighted by Crippen LogP contribution is 2.38. The summed E-state index contributed by atoms with van der Waals surface area (Å²) in [5.41, 5.74) is 8.77. The summed E-state index contributed by atoms with van der Waals surface area (Å²) in [6.45, 7) is 3.18. The Morgan fingerprint density at radius 2 is 1.90 bits per heavy atom. The molecule has 3 nitrogen and oxygen atoms in total. The lowest BCUT2D eigenvalue weighted by molar-refractivity contribution is 0.640. The lowest BCUT2D eigenvalue weighted by Crippen LogP contribution is -2.06. The Balaban J connectivity index is 2.02. The summed E-state index contributed by atoms with van der Waals surface area (Å²) in [5, 5.41) is 0. The van der Waals surface area contributed by atoms with Crippen molar-refractivity contribution in [2.45, 2.75) is 57.9 Å². The monoisotopic (exact) mass is 283 g/mol. The molecule has 0 radical (unpaired) electrons. The fraction of sp³-hybridized carbons (Fsp3) is 0.500. The van der Waals surface area contributed by atoms with Gasteiger partial charge in [-0.1, -0.05) is 56.5 Å². The van der Waals surface area contributed by atoms with Gasteiger partial charge in [0.15, 0.2) is 0 Å². The van der Waals surface area contributed by atoms with Crippen LogP contribution in [0.1, 0.15) is 57.1 Å². The minimum atomic E-state index is 0.565. The van der Waals surface area contributed by atoms with Crippen LogP contribution in [-0.2, 0) is 6.54 Å². The Morgan fingerprint density at radius 3 is 2.57 bits per heavy atom. The van der Waals surface area contributed by atoms with Gasteiger partial charge in [0.05, 0.1) is 5.69 Å². The third-order valence-corrected chi connectivity index (χ3v) is 4.54. The van der Waals surface area contributed by atoms with Crippen molar-refractivity contribution in [2.75, 3.05) is 5.73 Å². The minimum absolute atomic E-state index is 0.565. The van der Waals surface area contributed by atoms with Crippen molar-refractivity contribution in [1.29, 1.82) is 0 Å². The van der Waals surface area contributed by atoms with Gasteiger partial charge in [-0.25, -0.2) is 4.98 Å². The van der Waals surface area contributed by atoms with Crippen LogP contribution < -0.4 is 5.73 Å². The number of hydrogen-bond donors (Lipinski definition) is 1. The van der Waals surface area contributed by atoms with Gasteiger partial charge in [-0.2, -0.15) is 0 Å². The number of nitrogens with two attached hydrogens (primary N) is 1. The summed E-state index contributed by atoms with van der Waals surface area (Å²) in [5.74, 6) is 2.51. The quantitative estimate of drug-likeness (QED) is 0.872. The van der Waals surface area contributed by atoms with Crippen LogP contribution in [0.2, 0.25) is 0 Å². The Kier molecular flexibility index (Phi) is 4.28. The number of aromatic nitrogens is 2. The second-order valence-corrected chi connectivity index (χ2v) is 6.06. The number of rotatable bonds is 5. The molecule has 21 heavy (non-hydrogen) atoms. The topological polar surface area (TPSA) is 43.8 Å². The van der Waals surface area contributed by atoms with Gasteiger partial charge in [-0.15, -0.1) is 0 Å². The Labute approximate surface area is 127 Å². The lowest BCUT2D eigenvalue weighted by atomic mass is 10.0. The predicted molar refractivity (Wildman–Crippen MR) is 88.2 cm³/mol. The Hall–Kier alpha value is -1.77. The SMILES string of the molecule is CCCCn1c(-c2ccccc2)nc(C2CCCC2)c1N. The van der Waals surface area contributed by atoms with E-state index in [4.69, 9.17) is 10.7 Å². The fourth-order valence-corrected chi connectivity index (χ4v) is 3.33. The average molecular weight is 283 g/mol. The molecule has 3 heteroatoms. The molecule has 0 bridgehead atoms. The summed E-state index contributed by atoms with van der Waals surface area (Å²) in [6.07, 6.45) is 7.42. The van der Waals surface area contributed by atoms with E-state index >= 15 is 0 Å². The van der Waals surface area contributed by atoms with Gasteiger partial charge in [0.2, 0.25) is 0 Å². The van der Waals surface area contributed by atoms with E-state index < -0.39 is 0 Å². The van der Waals surface area contributed by atoms with Crippen LogP contribution in [-0.4, -0.2) is 9.55 Å². The first-order valence-electron chi connectivity index (χ1n) is 8.22. The van der Waals surface area contributed by atoms with Crippen LogP contribution in [0.4, 0.5) is 5.82 Å². The number of anilines is 1. The Morgan fingerprint density at radius 1 is 1.19 bits per heavy atom. The third-order valence-electron chi connectivity index (χ3n) is 4.54. The summed E-state index contributed by atoms with van der Waals surface area (Å²) in [4.78, 5) is 4.95. The van der Waals surface area contributed by atoms with Gasteiger partial charge in [-0.05, 0) is 19.3 Å². The molecule has 0 spiro atoms. The van der Waals surface area contributed by atoms with Crippen LogP contribution >= 0.6 is 0 Å². The summed E-state index contributed by atoms with van der Waals surface area (Å²) in [6, 6.07) is 10.4. The van der Waals surface area contributed by atoms with Crippen LogP contribution in [0.15, 0.2) is 30.3 Å². The van der Waals surface area contributed by atoms with Crippen LogP contribution in [0, 0.1) is 0 Å². The molecular formula is C18H25N3. The van der Waals surface area contributed by atoms with E-state index in [0.717, 1.165) is 30.3 Å². The average Bonchev–Trinajstić information content (AvgIpc) is 3.14. The zero-order chi connectivity index (χ0) is 14.7. The molecule has 1 heterocycles. The van der Waals surface area contributed by atoms with E-state index in [1.807, 2.05) is 6.07 Å². The normalized spacial score (nSPS) is 15.7. The van der Waals surface area contributed by atoms with Crippen LogP contribution in [0.3, 0.4) is 0 Å². The number of hydrogen-bond acceptors (Lipinski definition) is 2. The van der Waals surface area contributed by atoms with Gasteiger partial charge < -0.3 is 10.3 Å².